The molecule has 1 aromatic carbocycles. The van der Waals surface area contributed by atoms with E-state index in [1.165, 1.54) is 6.33 Å². The number of nitrogens with one attached hydrogen (secondary N) is 1. The molecule has 7 heteroatoms. The van der Waals surface area contributed by atoms with Gasteiger partial charge in [-0.3, -0.25) is 4.79 Å². The van der Waals surface area contributed by atoms with Gasteiger partial charge in [0.15, 0.2) is 0 Å². The van der Waals surface area contributed by atoms with Crippen LogP contribution in [0.1, 0.15) is 5.56 Å². The van der Waals surface area contributed by atoms with Gasteiger partial charge in [0.1, 0.15) is 12.7 Å². The number of benzene rings is 1. The number of halogens is 2. The zero-order chi connectivity index (χ0) is 13.0. The number of para-hydroxylation sites is 1. The lowest BCUT2D eigenvalue weighted by Crippen LogP contribution is -2.20. The van der Waals surface area contributed by atoms with Gasteiger partial charge in [-0.25, -0.2) is 14.1 Å². The van der Waals surface area contributed by atoms with Gasteiger partial charge in [-0.15, -0.1) is 0 Å². The molecule has 0 radical (unpaired) electrons. The fourth-order valence-corrected chi connectivity index (χ4v) is 1.51. The average molecular weight is 269 g/mol. The molecular formula is C11H10ClFN4O. The lowest BCUT2D eigenvalue weighted by atomic mass is 10.2. The predicted molar refractivity (Wildman–Crippen MR) is 64.9 cm³/mol. The zero-order valence-electron chi connectivity index (χ0n) is 9.25. The molecule has 0 saturated carbocycles. The second-order valence-corrected chi connectivity index (χ2v) is 3.92. The van der Waals surface area contributed by atoms with Crippen LogP contribution in [-0.4, -0.2) is 26.3 Å². The highest BCUT2D eigenvalue weighted by atomic mass is 35.5. The van der Waals surface area contributed by atoms with Gasteiger partial charge >= 0.3 is 0 Å². The minimum atomic E-state index is -2.07. The topological polar surface area (TPSA) is 59.8 Å². The molecule has 0 aliphatic heterocycles. The van der Waals surface area contributed by atoms with E-state index in [-0.39, 0.29) is 0 Å². The quantitative estimate of drug-likeness (QED) is 0.860. The first-order chi connectivity index (χ1) is 8.66. The van der Waals surface area contributed by atoms with Crippen LogP contribution in [0, 0.1) is 0 Å². The molecule has 1 heterocycles. The molecule has 94 valence electrons. The Bertz CT molecular complexity index is 530. The molecule has 0 fully saturated rings. The van der Waals surface area contributed by atoms with Crippen molar-refractivity contribution in [3.8, 4) is 0 Å². The van der Waals surface area contributed by atoms with Crippen LogP contribution < -0.4 is 5.32 Å². The van der Waals surface area contributed by atoms with Crippen molar-refractivity contribution in [2.45, 2.75) is 12.2 Å². The maximum atomic E-state index is 12.6. The van der Waals surface area contributed by atoms with Crippen molar-refractivity contribution in [1.29, 1.82) is 0 Å². The molecule has 1 N–H and O–H groups in total. The first-order valence-electron chi connectivity index (χ1n) is 5.16. The Kier molecular flexibility index (Phi) is 3.88. The first-order valence-corrected chi connectivity index (χ1v) is 5.60. The molecule has 0 saturated heterocycles. The standard InChI is InChI=1S/C11H10ClFN4O/c12-10(13)11(18)16-9-4-2-1-3-8(9)5-17-7-14-6-15-17/h1-4,6-7,10H,5H2,(H,16,18). The van der Waals surface area contributed by atoms with Crippen LogP contribution >= 0.6 is 11.6 Å². The summed E-state index contributed by atoms with van der Waals surface area (Å²) in [7, 11) is 0. The average Bonchev–Trinajstić information content (AvgIpc) is 2.84. The van der Waals surface area contributed by atoms with Gasteiger partial charge in [-0.1, -0.05) is 29.8 Å². The van der Waals surface area contributed by atoms with Crippen LogP contribution in [-0.2, 0) is 11.3 Å². The van der Waals surface area contributed by atoms with E-state index in [1.54, 1.807) is 29.2 Å². The number of nitrogens with zero attached hydrogens (tertiary/aromatic N) is 3. The highest BCUT2D eigenvalue weighted by Gasteiger charge is 2.14. The van der Waals surface area contributed by atoms with Gasteiger partial charge in [0.25, 0.3) is 11.5 Å². The summed E-state index contributed by atoms with van der Waals surface area (Å²) in [5.41, 5.74) is -0.778. The fraction of sp³-hybridized carbons (Fsp3) is 0.182. The third-order valence-corrected chi connectivity index (χ3v) is 2.47. The molecule has 0 bridgehead atoms. The fourth-order valence-electron chi connectivity index (χ4n) is 1.46. The second kappa shape index (κ2) is 5.59. The van der Waals surface area contributed by atoms with Crippen molar-refractivity contribution in [2.75, 3.05) is 5.32 Å². The van der Waals surface area contributed by atoms with E-state index in [2.05, 4.69) is 15.4 Å². The minimum Gasteiger partial charge on any atom is -0.322 e. The molecular weight excluding hydrogens is 259 g/mol. The van der Waals surface area contributed by atoms with Crippen LogP contribution in [0.3, 0.4) is 0 Å². The molecule has 2 aromatic rings. The third kappa shape index (κ3) is 3.04. The highest BCUT2D eigenvalue weighted by molar-refractivity contribution is 6.31. The highest BCUT2D eigenvalue weighted by Crippen LogP contribution is 2.17. The molecule has 0 aliphatic rings. The SMILES string of the molecule is O=C(Nc1ccccc1Cn1cncn1)C(F)Cl. The second-order valence-electron chi connectivity index (χ2n) is 3.54. The number of hydrogen-bond acceptors (Lipinski definition) is 3. The van der Waals surface area contributed by atoms with Gasteiger partial charge in [0.2, 0.25) is 0 Å². The van der Waals surface area contributed by atoms with Crippen molar-refractivity contribution in [2.24, 2.45) is 0 Å². The van der Waals surface area contributed by atoms with E-state index in [0.717, 1.165) is 5.56 Å². The van der Waals surface area contributed by atoms with Crippen molar-refractivity contribution in [3.63, 3.8) is 0 Å². The molecule has 2 rings (SSSR count). The van der Waals surface area contributed by atoms with Crippen molar-refractivity contribution in [3.05, 3.63) is 42.5 Å². The number of carbonyl (C=O) groups is 1. The van der Waals surface area contributed by atoms with Crippen LogP contribution in [0.4, 0.5) is 10.1 Å². The first kappa shape index (κ1) is 12.5. The molecule has 0 aliphatic carbocycles. The summed E-state index contributed by atoms with van der Waals surface area (Å²) >= 11 is 5.07. The number of alkyl halides is 2. The Morgan fingerprint density at radius 2 is 2.28 bits per heavy atom. The Balaban J connectivity index is 2.18. The van der Waals surface area contributed by atoms with Gasteiger partial charge < -0.3 is 5.32 Å². The molecule has 1 amide bonds. The Morgan fingerprint density at radius 3 is 2.94 bits per heavy atom. The lowest BCUT2D eigenvalue weighted by Gasteiger charge is -2.10. The maximum absolute atomic E-state index is 12.6. The number of hydrogen-bond donors (Lipinski definition) is 1. The van der Waals surface area contributed by atoms with Crippen molar-refractivity contribution < 1.29 is 9.18 Å². The van der Waals surface area contributed by atoms with Crippen molar-refractivity contribution >= 4 is 23.2 Å². The van der Waals surface area contributed by atoms with E-state index in [1.807, 2.05) is 6.07 Å². The number of carbonyl (C=O) groups excluding carboxylic acids is 1. The number of anilines is 1. The van der Waals surface area contributed by atoms with Crippen LogP contribution in [0.15, 0.2) is 36.9 Å². The largest absolute Gasteiger partial charge is 0.322 e. The summed E-state index contributed by atoms with van der Waals surface area (Å²) in [5.74, 6) is -0.886. The van der Waals surface area contributed by atoms with Gasteiger partial charge in [0.05, 0.1) is 6.54 Å². The minimum absolute atomic E-state index is 0.426. The molecule has 1 unspecified atom stereocenters. The Morgan fingerprint density at radius 1 is 1.50 bits per heavy atom. The molecule has 18 heavy (non-hydrogen) atoms. The normalized spacial score (nSPS) is 12.1. The van der Waals surface area contributed by atoms with E-state index in [9.17, 15) is 9.18 Å². The summed E-state index contributed by atoms with van der Waals surface area (Å²) in [6.45, 7) is 0.426. The molecule has 1 atom stereocenters. The lowest BCUT2D eigenvalue weighted by molar-refractivity contribution is -0.118. The van der Waals surface area contributed by atoms with Crippen LogP contribution in [0.5, 0.6) is 0 Å². The summed E-state index contributed by atoms with van der Waals surface area (Å²) < 4.78 is 14.2. The van der Waals surface area contributed by atoms with Crippen LogP contribution in [0.25, 0.3) is 0 Å². The molecule has 1 aromatic heterocycles. The summed E-state index contributed by atoms with van der Waals surface area (Å²) in [4.78, 5) is 15.0. The van der Waals surface area contributed by atoms with Crippen molar-refractivity contribution in [1.82, 2.24) is 14.8 Å². The molecule has 5 nitrogen and oxygen atoms in total. The Hall–Kier alpha value is -1.95. The predicted octanol–water partition coefficient (Wildman–Crippen LogP) is 1.80. The maximum Gasteiger partial charge on any atom is 0.274 e. The molecule has 0 spiro atoms. The van der Waals surface area contributed by atoms with E-state index < -0.39 is 11.5 Å². The Labute approximate surface area is 108 Å². The summed E-state index contributed by atoms with van der Waals surface area (Å²) in [5, 5.41) is 6.37. The third-order valence-electron chi connectivity index (χ3n) is 2.27. The number of aromatic nitrogens is 3. The number of rotatable bonds is 4. The number of amides is 1. The van der Waals surface area contributed by atoms with Gasteiger partial charge in [-0.2, -0.15) is 5.10 Å². The zero-order valence-corrected chi connectivity index (χ0v) is 10.0. The van der Waals surface area contributed by atoms with Crippen LogP contribution in [0.2, 0.25) is 0 Å². The monoisotopic (exact) mass is 268 g/mol. The smallest absolute Gasteiger partial charge is 0.274 e. The van der Waals surface area contributed by atoms with Gasteiger partial charge in [-0.05, 0) is 11.6 Å². The van der Waals surface area contributed by atoms with E-state index >= 15 is 0 Å². The summed E-state index contributed by atoms with van der Waals surface area (Å²) in [6.07, 6.45) is 2.97. The van der Waals surface area contributed by atoms with E-state index in [4.69, 9.17) is 11.6 Å². The summed E-state index contributed by atoms with van der Waals surface area (Å²) in [6, 6.07) is 7.03. The van der Waals surface area contributed by atoms with Gasteiger partial charge in [0, 0.05) is 5.69 Å². The van der Waals surface area contributed by atoms with E-state index in [0.29, 0.717) is 12.2 Å².